The number of rotatable bonds is 11. The molecule has 176 valence electrons. The van der Waals surface area contributed by atoms with E-state index in [1.165, 1.54) is 0 Å². The smallest absolute Gasteiger partial charge is 0.472 e. The summed E-state index contributed by atoms with van der Waals surface area (Å²) >= 11 is 0. The number of carbonyl (C=O) groups excluding carboxylic acids is 1. The summed E-state index contributed by atoms with van der Waals surface area (Å²) in [4.78, 5) is 26.7. The Kier molecular flexibility index (Phi) is 8.58. The number of ether oxygens (including phenoxy) is 1. The highest BCUT2D eigenvalue weighted by atomic mass is 31.2. The van der Waals surface area contributed by atoms with Crippen LogP contribution in [0.4, 0.5) is 0 Å². The summed E-state index contributed by atoms with van der Waals surface area (Å²) in [6.45, 7) is 3.58. The van der Waals surface area contributed by atoms with Crippen molar-refractivity contribution >= 4 is 24.5 Å². The number of aromatic nitrogens is 1. The number of benzene rings is 2. The van der Waals surface area contributed by atoms with Crippen LogP contribution in [0.3, 0.4) is 0 Å². The lowest BCUT2D eigenvalue weighted by Gasteiger charge is -2.15. The molecular formula is C24H29N2O6P. The molecule has 1 heterocycles. The number of phosphoric ester groups is 1. The molecule has 1 unspecified atom stereocenters. The molecule has 0 spiro atoms. The van der Waals surface area contributed by atoms with Gasteiger partial charge in [-0.05, 0) is 49.4 Å². The zero-order chi connectivity index (χ0) is 23.8. The predicted molar refractivity (Wildman–Crippen MR) is 127 cm³/mol. The van der Waals surface area contributed by atoms with Gasteiger partial charge in [-0.1, -0.05) is 30.3 Å². The molecule has 3 aromatic rings. The molecule has 33 heavy (non-hydrogen) atoms. The van der Waals surface area contributed by atoms with Crippen molar-refractivity contribution in [1.82, 2.24) is 10.3 Å². The second kappa shape index (κ2) is 11.4. The van der Waals surface area contributed by atoms with Crippen LogP contribution >= 0.6 is 7.82 Å². The van der Waals surface area contributed by atoms with E-state index in [2.05, 4.69) is 10.3 Å². The Balaban J connectivity index is 1.70. The number of amides is 1. The van der Waals surface area contributed by atoms with Crippen LogP contribution in [-0.4, -0.2) is 42.1 Å². The first-order chi connectivity index (χ1) is 15.8. The molecule has 1 aromatic heterocycles. The molecule has 8 nitrogen and oxygen atoms in total. The molecule has 2 N–H and O–H groups in total. The van der Waals surface area contributed by atoms with Crippen molar-refractivity contribution in [3.63, 3.8) is 0 Å². The molecule has 2 aromatic carbocycles. The van der Waals surface area contributed by atoms with Crippen molar-refractivity contribution in [3.8, 4) is 16.9 Å². The maximum atomic E-state index is 12.6. The lowest BCUT2D eigenvalue weighted by Crippen LogP contribution is -2.27. The Bertz CT molecular complexity index is 1140. The molecule has 1 amide bonds. The maximum absolute atomic E-state index is 12.6. The van der Waals surface area contributed by atoms with Crippen molar-refractivity contribution in [2.75, 3.05) is 20.3 Å². The standard InChI is InChI=1S/C24H29N2O6P/c1-17(2)32-33(28,29)31-13-7-12-25-23(27)15-22-24(18-8-5-4-6-9-18)21-14-20(30-3)11-10-19(21)16-26-22/h4-6,8-11,14,16-17H,7,12-13,15H2,1-3H3,(H,25,27)(H,28,29). The summed E-state index contributed by atoms with van der Waals surface area (Å²) in [6.07, 6.45) is 1.79. The van der Waals surface area contributed by atoms with E-state index >= 15 is 0 Å². The largest absolute Gasteiger partial charge is 0.497 e. The zero-order valence-electron chi connectivity index (χ0n) is 19.0. The number of methoxy groups -OCH3 is 1. The number of carbonyl (C=O) groups is 1. The third-order valence-electron chi connectivity index (χ3n) is 4.81. The van der Waals surface area contributed by atoms with Crippen LogP contribution in [-0.2, 0) is 24.8 Å². The number of fused-ring (bicyclic) bond motifs is 1. The van der Waals surface area contributed by atoms with Gasteiger partial charge in [0.05, 0.1) is 31.9 Å². The Morgan fingerprint density at radius 3 is 2.64 bits per heavy atom. The fraction of sp³-hybridized carbons (Fsp3) is 0.333. The average Bonchev–Trinajstić information content (AvgIpc) is 2.78. The minimum Gasteiger partial charge on any atom is -0.497 e. The molecule has 0 aliphatic rings. The first kappa shape index (κ1) is 24.9. The molecule has 0 saturated heterocycles. The number of nitrogens with zero attached hydrogens (tertiary/aromatic N) is 1. The van der Waals surface area contributed by atoms with Crippen LogP contribution in [0.15, 0.2) is 54.7 Å². The highest BCUT2D eigenvalue weighted by molar-refractivity contribution is 7.47. The lowest BCUT2D eigenvalue weighted by atomic mass is 9.96. The molecule has 0 saturated carbocycles. The van der Waals surface area contributed by atoms with Gasteiger partial charge >= 0.3 is 7.82 Å². The van der Waals surface area contributed by atoms with E-state index in [1.807, 2.05) is 48.5 Å². The number of hydrogen-bond donors (Lipinski definition) is 2. The minimum absolute atomic E-state index is 0.00986. The number of pyridine rings is 1. The monoisotopic (exact) mass is 472 g/mol. The Hall–Kier alpha value is -2.77. The van der Waals surface area contributed by atoms with Gasteiger partial charge in [0.15, 0.2) is 0 Å². The minimum atomic E-state index is -4.07. The van der Waals surface area contributed by atoms with Crippen LogP contribution < -0.4 is 10.1 Å². The van der Waals surface area contributed by atoms with Gasteiger partial charge in [0, 0.05) is 23.7 Å². The quantitative estimate of drug-likeness (QED) is 0.313. The van der Waals surface area contributed by atoms with Gasteiger partial charge in [-0.15, -0.1) is 0 Å². The van der Waals surface area contributed by atoms with Crippen molar-refractivity contribution in [3.05, 3.63) is 60.4 Å². The SMILES string of the molecule is COc1ccc2cnc(CC(=O)NCCCOP(=O)(O)OC(C)C)c(-c3ccccc3)c2c1. The molecular weight excluding hydrogens is 443 g/mol. The normalized spacial score (nSPS) is 13.1. The predicted octanol–water partition coefficient (Wildman–Crippen LogP) is 4.50. The first-order valence-corrected chi connectivity index (χ1v) is 12.2. The van der Waals surface area contributed by atoms with Crippen LogP contribution in [0.5, 0.6) is 5.75 Å². The highest BCUT2D eigenvalue weighted by Gasteiger charge is 2.22. The molecule has 3 rings (SSSR count). The van der Waals surface area contributed by atoms with E-state index in [9.17, 15) is 14.3 Å². The van der Waals surface area contributed by atoms with E-state index in [-0.39, 0.29) is 18.9 Å². The second-order valence-corrected chi connectivity index (χ2v) is 9.14. The number of phosphoric acid groups is 1. The van der Waals surface area contributed by atoms with Crippen molar-refractivity contribution in [1.29, 1.82) is 0 Å². The van der Waals surface area contributed by atoms with Crippen molar-refractivity contribution in [2.24, 2.45) is 0 Å². The summed E-state index contributed by atoms with van der Waals surface area (Å²) in [5.74, 6) is 0.524. The van der Waals surface area contributed by atoms with Gasteiger partial charge in [-0.3, -0.25) is 18.8 Å². The zero-order valence-corrected chi connectivity index (χ0v) is 19.9. The Labute approximate surface area is 193 Å². The lowest BCUT2D eigenvalue weighted by molar-refractivity contribution is -0.120. The van der Waals surface area contributed by atoms with Crippen molar-refractivity contribution in [2.45, 2.75) is 32.8 Å². The van der Waals surface area contributed by atoms with Gasteiger partial charge < -0.3 is 14.9 Å². The van der Waals surface area contributed by atoms with Crippen LogP contribution in [0, 0.1) is 0 Å². The van der Waals surface area contributed by atoms with Gasteiger partial charge in [-0.2, -0.15) is 0 Å². The summed E-state index contributed by atoms with van der Waals surface area (Å²) < 4.78 is 26.8. The average molecular weight is 472 g/mol. The third kappa shape index (κ3) is 7.11. The third-order valence-corrected chi connectivity index (χ3v) is 6.01. The van der Waals surface area contributed by atoms with Crippen molar-refractivity contribution < 1.29 is 28.0 Å². The Morgan fingerprint density at radius 2 is 1.94 bits per heavy atom. The maximum Gasteiger partial charge on any atom is 0.472 e. The summed E-state index contributed by atoms with van der Waals surface area (Å²) in [5, 5.41) is 4.72. The van der Waals surface area contributed by atoms with Gasteiger partial charge in [0.25, 0.3) is 0 Å². The molecule has 0 bridgehead atoms. The van der Waals surface area contributed by atoms with Gasteiger partial charge in [0.2, 0.25) is 5.91 Å². The summed E-state index contributed by atoms with van der Waals surface area (Å²) in [5.41, 5.74) is 2.50. The first-order valence-electron chi connectivity index (χ1n) is 10.7. The molecule has 9 heteroatoms. The summed E-state index contributed by atoms with van der Waals surface area (Å²) in [6, 6.07) is 15.6. The van der Waals surface area contributed by atoms with Gasteiger partial charge in [-0.25, -0.2) is 4.57 Å². The fourth-order valence-corrected chi connectivity index (χ4v) is 4.36. The molecule has 0 radical (unpaired) electrons. The molecule has 0 aliphatic carbocycles. The van der Waals surface area contributed by atoms with E-state index in [0.717, 1.165) is 27.6 Å². The second-order valence-electron chi connectivity index (χ2n) is 7.74. The van der Waals surface area contributed by atoms with Gasteiger partial charge in [0.1, 0.15) is 5.75 Å². The Morgan fingerprint density at radius 1 is 1.18 bits per heavy atom. The van der Waals surface area contributed by atoms with E-state index in [1.54, 1.807) is 27.2 Å². The number of nitrogens with one attached hydrogen (secondary N) is 1. The topological polar surface area (TPSA) is 107 Å². The van der Waals surface area contributed by atoms with Crippen LogP contribution in [0.25, 0.3) is 21.9 Å². The summed E-state index contributed by atoms with van der Waals surface area (Å²) in [7, 11) is -2.45. The van der Waals surface area contributed by atoms with Crippen LogP contribution in [0.1, 0.15) is 26.0 Å². The van der Waals surface area contributed by atoms with Crippen LogP contribution in [0.2, 0.25) is 0 Å². The molecule has 0 aliphatic heterocycles. The number of hydrogen-bond acceptors (Lipinski definition) is 6. The van der Waals surface area contributed by atoms with E-state index in [0.29, 0.717) is 18.7 Å². The fourth-order valence-electron chi connectivity index (χ4n) is 3.41. The molecule has 1 atom stereocenters. The molecule has 0 fully saturated rings. The highest BCUT2D eigenvalue weighted by Crippen LogP contribution is 2.44. The van der Waals surface area contributed by atoms with E-state index < -0.39 is 13.9 Å². The van der Waals surface area contributed by atoms with E-state index in [4.69, 9.17) is 13.8 Å².